The Morgan fingerprint density at radius 2 is 1.71 bits per heavy atom. The average molecular weight is 336 g/mol. The average Bonchev–Trinajstić information content (AvgIpc) is 2.53. The first-order chi connectivity index (χ1) is 11.2. The molecule has 0 spiro atoms. The Morgan fingerprint density at radius 3 is 2.12 bits per heavy atom. The number of aliphatic hydroxyl groups is 1. The van der Waals surface area contributed by atoms with E-state index in [0.29, 0.717) is 5.75 Å². The Labute approximate surface area is 146 Å². The van der Waals surface area contributed by atoms with Crippen molar-refractivity contribution in [2.45, 2.75) is 66.2 Å². The van der Waals surface area contributed by atoms with Gasteiger partial charge < -0.3 is 14.6 Å². The van der Waals surface area contributed by atoms with Crippen LogP contribution >= 0.6 is 0 Å². The zero-order valence-electron chi connectivity index (χ0n) is 15.9. The molecule has 24 heavy (non-hydrogen) atoms. The normalized spacial score (nSPS) is 13.9. The van der Waals surface area contributed by atoms with E-state index in [9.17, 15) is 9.90 Å². The number of para-hydroxylation sites is 1. The van der Waals surface area contributed by atoms with Gasteiger partial charge in [-0.3, -0.25) is 0 Å². The zero-order chi connectivity index (χ0) is 18.3. The number of hydrogen-bond acceptors (Lipinski definition) is 4. The van der Waals surface area contributed by atoms with Gasteiger partial charge in [-0.2, -0.15) is 0 Å². The molecule has 0 aliphatic rings. The molecule has 0 fully saturated rings. The monoisotopic (exact) mass is 336 g/mol. The highest BCUT2D eigenvalue weighted by atomic mass is 16.7. The number of carbonyl (C=O) groups excluding carboxylic acids is 1. The first-order valence-corrected chi connectivity index (χ1v) is 8.82. The van der Waals surface area contributed by atoms with Crippen LogP contribution in [0, 0.1) is 5.41 Å². The maximum absolute atomic E-state index is 12.2. The summed E-state index contributed by atoms with van der Waals surface area (Å²) in [6, 6.07) is 5.95. The van der Waals surface area contributed by atoms with Crippen molar-refractivity contribution >= 4 is 6.16 Å². The lowest BCUT2D eigenvalue weighted by Gasteiger charge is -2.26. The topological polar surface area (TPSA) is 55.8 Å². The number of hydrogen-bond donors (Lipinski definition) is 1. The molecule has 136 valence electrons. The van der Waals surface area contributed by atoms with Crippen LogP contribution in [-0.2, 0) is 4.74 Å². The minimum atomic E-state index is -0.708. The van der Waals surface area contributed by atoms with Gasteiger partial charge in [0.15, 0.2) is 0 Å². The van der Waals surface area contributed by atoms with Gasteiger partial charge in [-0.1, -0.05) is 66.2 Å². The van der Waals surface area contributed by atoms with Crippen molar-refractivity contribution in [1.82, 2.24) is 0 Å². The molecule has 0 saturated heterocycles. The van der Waals surface area contributed by atoms with Gasteiger partial charge in [0.1, 0.15) is 12.4 Å². The number of rotatable bonds is 8. The molecule has 1 atom stereocenters. The van der Waals surface area contributed by atoms with Crippen LogP contribution in [-0.4, -0.2) is 24.5 Å². The molecule has 0 aromatic heterocycles. The molecule has 0 aliphatic carbocycles. The van der Waals surface area contributed by atoms with Gasteiger partial charge in [-0.25, -0.2) is 4.79 Å². The lowest BCUT2D eigenvalue weighted by Crippen LogP contribution is -2.30. The maximum atomic E-state index is 12.2. The summed E-state index contributed by atoms with van der Waals surface area (Å²) in [5.41, 5.74) is 1.57. The largest absolute Gasteiger partial charge is 0.513 e. The number of aliphatic hydroxyl groups excluding tert-OH is 1. The van der Waals surface area contributed by atoms with Gasteiger partial charge >= 0.3 is 6.16 Å². The minimum absolute atomic E-state index is 0.0199. The van der Waals surface area contributed by atoms with Crippen molar-refractivity contribution in [3.8, 4) is 5.75 Å². The van der Waals surface area contributed by atoms with Gasteiger partial charge in [0.25, 0.3) is 0 Å². The number of ether oxygens (including phenoxy) is 2. The summed E-state index contributed by atoms with van der Waals surface area (Å²) in [6.07, 6.45) is 1.00. The van der Waals surface area contributed by atoms with Crippen LogP contribution in [0.5, 0.6) is 5.75 Å². The molecule has 1 aromatic carbocycles. The van der Waals surface area contributed by atoms with Crippen molar-refractivity contribution in [3.63, 3.8) is 0 Å². The van der Waals surface area contributed by atoms with E-state index in [0.717, 1.165) is 24.0 Å². The highest BCUT2D eigenvalue weighted by Gasteiger charge is 2.26. The van der Waals surface area contributed by atoms with E-state index in [1.807, 2.05) is 32.0 Å². The predicted molar refractivity (Wildman–Crippen MR) is 96.7 cm³/mol. The van der Waals surface area contributed by atoms with Crippen LogP contribution in [0.1, 0.15) is 77.3 Å². The van der Waals surface area contributed by atoms with E-state index in [1.54, 1.807) is 0 Å². The summed E-state index contributed by atoms with van der Waals surface area (Å²) in [5.74, 6) is 1.09. The van der Waals surface area contributed by atoms with Crippen molar-refractivity contribution in [1.29, 1.82) is 0 Å². The van der Waals surface area contributed by atoms with E-state index < -0.39 is 11.6 Å². The van der Waals surface area contributed by atoms with E-state index in [-0.39, 0.29) is 25.0 Å². The van der Waals surface area contributed by atoms with Crippen LogP contribution in [0.4, 0.5) is 4.79 Å². The Bertz CT molecular complexity index is 510. The number of carbonyl (C=O) groups is 1. The Morgan fingerprint density at radius 1 is 1.17 bits per heavy atom. The lowest BCUT2D eigenvalue weighted by molar-refractivity contribution is 0.0242. The second kappa shape index (κ2) is 9.07. The molecule has 0 heterocycles. The van der Waals surface area contributed by atoms with E-state index in [4.69, 9.17) is 9.47 Å². The second-order valence-electron chi connectivity index (χ2n) is 7.43. The van der Waals surface area contributed by atoms with Gasteiger partial charge in [-0.15, -0.1) is 0 Å². The summed E-state index contributed by atoms with van der Waals surface area (Å²) >= 11 is 0. The van der Waals surface area contributed by atoms with E-state index in [1.165, 1.54) is 0 Å². The molecular formula is C20H32O4. The molecule has 0 bridgehead atoms. The van der Waals surface area contributed by atoms with Crippen molar-refractivity contribution in [2.24, 2.45) is 5.41 Å². The van der Waals surface area contributed by atoms with Crippen molar-refractivity contribution in [3.05, 3.63) is 29.3 Å². The molecule has 0 saturated carbocycles. The van der Waals surface area contributed by atoms with Gasteiger partial charge in [0, 0.05) is 5.41 Å². The summed E-state index contributed by atoms with van der Waals surface area (Å²) in [5, 5.41) is 9.52. The molecule has 1 N–H and O–H groups in total. The molecule has 1 aromatic rings. The predicted octanol–water partition coefficient (Wildman–Crippen LogP) is 5.25. The standard InChI is InChI=1S/C20H32O4/c1-7-11-20(6,12-21)13-23-19(22)24-18-16(14(2)3)9-8-10-17(18)15(4)5/h8-10,14-15,21H,7,11-13H2,1-6H3. The Kier molecular flexibility index (Phi) is 7.74. The van der Waals surface area contributed by atoms with Gasteiger partial charge in [-0.05, 0) is 29.4 Å². The fourth-order valence-corrected chi connectivity index (χ4v) is 2.75. The smallest absolute Gasteiger partial charge is 0.433 e. The zero-order valence-corrected chi connectivity index (χ0v) is 15.9. The quantitative estimate of drug-likeness (QED) is 0.520. The molecule has 1 unspecified atom stereocenters. The maximum Gasteiger partial charge on any atom is 0.513 e. The van der Waals surface area contributed by atoms with Crippen LogP contribution in [0.3, 0.4) is 0 Å². The molecule has 1 rings (SSSR count). The van der Waals surface area contributed by atoms with Crippen LogP contribution in [0.2, 0.25) is 0 Å². The SMILES string of the molecule is CCCC(C)(CO)COC(=O)Oc1c(C(C)C)cccc1C(C)C. The van der Waals surface area contributed by atoms with Gasteiger partial charge in [0.2, 0.25) is 0 Å². The third kappa shape index (κ3) is 5.52. The lowest BCUT2D eigenvalue weighted by atomic mass is 9.88. The van der Waals surface area contributed by atoms with Crippen molar-refractivity contribution < 1.29 is 19.4 Å². The third-order valence-electron chi connectivity index (χ3n) is 4.28. The fourth-order valence-electron chi connectivity index (χ4n) is 2.75. The van der Waals surface area contributed by atoms with Crippen LogP contribution < -0.4 is 4.74 Å². The van der Waals surface area contributed by atoms with Gasteiger partial charge in [0.05, 0.1) is 6.61 Å². The molecule has 4 heteroatoms. The number of benzene rings is 1. The Hall–Kier alpha value is -1.55. The van der Waals surface area contributed by atoms with E-state index in [2.05, 4.69) is 27.7 Å². The summed E-state index contributed by atoms with van der Waals surface area (Å²) in [7, 11) is 0. The highest BCUT2D eigenvalue weighted by molar-refractivity contribution is 5.66. The fraction of sp³-hybridized carbons (Fsp3) is 0.650. The third-order valence-corrected chi connectivity index (χ3v) is 4.28. The molecule has 0 amide bonds. The molecular weight excluding hydrogens is 304 g/mol. The minimum Gasteiger partial charge on any atom is -0.433 e. The summed E-state index contributed by atoms with van der Waals surface area (Å²) in [6.45, 7) is 12.4. The van der Waals surface area contributed by atoms with Crippen LogP contribution in [0.25, 0.3) is 0 Å². The molecule has 0 radical (unpaired) electrons. The van der Waals surface area contributed by atoms with Crippen LogP contribution in [0.15, 0.2) is 18.2 Å². The highest BCUT2D eigenvalue weighted by Crippen LogP contribution is 2.35. The molecule has 0 aliphatic heterocycles. The molecule has 4 nitrogen and oxygen atoms in total. The summed E-state index contributed by atoms with van der Waals surface area (Å²) < 4.78 is 10.9. The van der Waals surface area contributed by atoms with E-state index >= 15 is 0 Å². The second-order valence-corrected chi connectivity index (χ2v) is 7.43. The van der Waals surface area contributed by atoms with Crippen molar-refractivity contribution in [2.75, 3.05) is 13.2 Å². The first-order valence-electron chi connectivity index (χ1n) is 8.82. The Balaban J connectivity index is 2.90. The summed E-state index contributed by atoms with van der Waals surface area (Å²) in [4.78, 5) is 12.2. The first kappa shape index (κ1) is 20.5.